The smallest absolute Gasteiger partial charge is 0.234 e. The fraction of sp³-hybridized carbons (Fsp3) is 0.700. The van der Waals surface area contributed by atoms with Crippen molar-refractivity contribution < 1.29 is 4.79 Å². The molecule has 1 aliphatic rings. The first-order valence-electron chi connectivity index (χ1n) is 5.67. The lowest BCUT2D eigenvalue weighted by molar-refractivity contribution is -0.119. The first-order valence-corrected chi connectivity index (χ1v) is 5.67. The number of amides is 1. The molecular formula is C10H17N5O. The lowest BCUT2D eigenvalue weighted by Crippen LogP contribution is -2.29. The number of hydrogen-bond acceptors (Lipinski definition) is 4. The summed E-state index contributed by atoms with van der Waals surface area (Å²) in [6, 6.07) is 0.492. The second kappa shape index (κ2) is 5.07. The molecule has 0 bridgehead atoms. The number of nitrogens with zero attached hydrogens (tertiary/aromatic N) is 3. The van der Waals surface area contributed by atoms with Crippen LogP contribution in [0.2, 0.25) is 0 Å². The van der Waals surface area contributed by atoms with Crippen molar-refractivity contribution in [2.75, 3.05) is 6.54 Å². The van der Waals surface area contributed by atoms with E-state index in [4.69, 9.17) is 5.73 Å². The average molecular weight is 223 g/mol. The van der Waals surface area contributed by atoms with Crippen LogP contribution in [0.15, 0.2) is 6.20 Å². The van der Waals surface area contributed by atoms with Gasteiger partial charge in [-0.2, -0.15) is 0 Å². The Bertz CT molecular complexity index is 356. The van der Waals surface area contributed by atoms with Crippen molar-refractivity contribution in [2.45, 2.75) is 38.3 Å². The van der Waals surface area contributed by atoms with E-state index < -0.39 is 0 Å². The predicted octanol–water partition coefficient (Wildman–Crippen LogP) is -0.0319. The summed E-state index contributed by atoms with van der Waals surface area (Å²) in [5, 5.41) is 10.8. The first kappa shape index (κ1) is 11.1. The maximum atomic E-state index is 11.0. The predicted molar refractivity (Wildman–Crippen MR) is 58.4 cm³/mol. The van der Waals surface area contributed by atoms with E-state index in [1.54, 1.807) is 0 Å². The minimum Gasteiger partial charge on any atom is -0.349 e. The van der Waals surface area contributed by atoms with Gasteiger partial charge in [0, 0.05) is 0 Å². The fourth-order valence-corrected chi connectivity index (χ4v) is 2.00. The zero-order valence-corrected chi connectivity index (χ0v) is 9.22. The van der Waals surface area contributed by atoms with E-state index in [1.165, 1.54) is 25.7 Å². The highest BCUT2D eigenvalue weighted by Crippen LogP contribution is 2.28. The SMILES string of the molecule is NCC(=O)NCc1cn(C2CCCC2)nn1. The molecule has 2 rings (SSSR count). The van der Waals surface area contributed by atoms with Crippen LogP contribution >= 0.6 is 0 Å². The van der Waals surface area contributed by atoms with Gasteiger partial charge in [-0.3, -0.25) is 4.79 Å². The van der Waals surface area contributed by atoms with E-state index in [0.717, 1.165) is 5.69 Å². The first-order chi connectivity index (χ1) is 7.79. The third-order valence-corrected chi connectivity index (χ3v) is 2.91. The van der Waals surface area contributed by atoms with Crippen molar-refractivity contribution in [3.63, 3.8) is 0 Å². The topological polar surface area (TPSA) is 85.8 Å². The molecule has 0 spiro atoms. The van der Waals surface area contributed by atoms with Crippen molar-refractivity contribution >= 4 is 5.91 Å². The van der Waals surface area contributed by atoms with Crippen LogP contribution in [-0.4, -0.2) is 27.4 Å². The van der Waals surface area contributed by atoms with E-state index in [0.29, 0.717) is 12.6 Å². The van der Waals surface area contributed by atoms with Gasteiger partial charge in [0.05, 0.1) is 25.3 Å². The van der Waals surface area contributed by atoms with Crippen LogP contribution in [0.25, 0.3) is 0 Å². The molecule has 0 saturated heterocycles. The van der Waals surface area contributed by atoms with Crippen LogP contribution in [0.1, 0.15) is 37.4 Å². The summed E-state index contributed by atoms with van der Waals surface area (Å²) >= 11 is 0. The number of nitrogens with one attached hydrogen (secondary N) is 1. The van der Waals surface area contributed by atoms with E-state index in [2.05, 4.69) is 15.6 Å². The van der Waals surface area contributed by atoms with Crippen molar-refractivity contribution in [2.24, 2.45) is 5.73 Å². The minimum atomic E-state index is -0.171. The zero-order valence-electron chi connectivity index (χ0n) is 9.22. The van der Waals surface area contributed by atoms with Crippen LogP contribution in [0.5, 0.6) is 0 Å². The molecule has 6 heteroatoms. The molecule has 0 atom stereocenters. The lowest BCUT2D eigenvalue weighted by Gasteiger charge is -2.06. The van der Waals surface area contributed by atoms with Gasteiger partial charge in [-0.15, -0.1) is 5.10 Å². The Labute approximate surface area is 94.2 Å². The van der Waals surface area contributed by atoms with Gasteiger partial charge in [-0.05, 0) is 12.8 Å². The summed E-state index contributed by atoms with van der Waals surface area (Å²) in [7, 11) is 0. The third-order valence-electron chi connectivity index (χ3n) is 2.91. The number of hydrogen-bond donors (Lipinski definition) is 2. The Morgan fingerprint density at radius 2 is 2.31 bits per heavy atom. The summed E-state index contributed by atoms with van der Waals surface area (Å²) in [6.45, 7) is 0.416. The van der Waals surface area contributed by atoms with Gasteiger partial charge in [0.1, 0.15) is 5.69 Å². The molecule has 0 radical (unpaired) electrons. The Morgan fingerprint density at radius 1 is 1.56 bits per heavy atom. The van der Waals surface area contributed by atoms with Crippen molar-refractivity contribution in [3.8, 4) is 0 Å². The molecule has 1 heterocycles. The van der Waals surface area contributed by atoms with Crippen molar-refractivity contribution in [1.82, 2.24) is 20.3 Å². The van der Waals surface area contributed by atoms with Crippen LogP contribution < -0.4 is 11.1 Å². The number of rotatable bonds is 4. The molecule has 0 unspecified atom stereocenters. The Morgan fingerprint density at radius 3 is 3.00 bits per heavy atom. The summed E-state index contributed by atoms with van der Waals surface area (Å²) < 4.78 is 1.91. The molecule has 0 aromatic carbocycles. The van der Waals surface area contributed by atoms with Gasteiger partial charge in [-0.1, -0.05) is 18.1 Å². The van der Waals surface area contributed by atoms with Crippen LogP contribution in [-0.2, 0) is 11.3 Å². The molecule has 88 valence electrons. The zero-order chi connectivity index (χ0) is 11.4. The van der Waals surface area contributed by atoms with Gasteiger partial charge >= 0.3 is 0 Å². The average Bonchev–Trinajstić information content (AvgIpc) is 2.95. The van der Waals surface area contributed by atoms with E-state index >= 15 is 0 Å². The highest BCUT2D eigenvalue weighted by molar-refractivity contribution is 5.77. The van der Waals surface area contributed by atoms with Crippen LogP contribution in [0.4, 0.5) is 0 Å². The van der Waals surface area contributed by atoms with Crippen LogP contribution in [0.3, 0.4) is 0 Å². The Kier molecular flexibility index (Phi) is 3.51. The molecule has 3 N–H and O–H groups in total. The van der Waals surface area contributed by atoms with Crippen molar-refractivity contribution in [3.05, 3.63) is 11.9 Å². The van der Waals surface area contributed by atoms with Gasteiger partial charge < -0.3 is 11.1 Å². The second-order valence-electron chi connectivity index (χ2n) is 4.11. The van der Waals surface area contributed by atoms with Crippen molar-refractivity contribution in [1.29, 1.82) is 0 Å². The van der Waals surface area contributed by atoms with E-state index in [1.807, 2.05) is 10.9 Å². The van der Waals surface area contributed by atoms with Gasteiger partial charge in [0.2, 0.25) is 5.91 Å². The molecule has 1 saturated carbocycles. The molecule has 0 aliphatic heterocycles. The molecule has 1 aromatic rings. The number of carbonyl (C=O) groups excluding carboxylic acids is 1. The maximum absolute atomic E-state index is 11.0. The minimum absolute atomic E-state index is 0.0107. The summed E-state index contributed by atoms with van der Waals surface area (Å²) in [6.07, 6.45) is 6.80. The molecule has 1 fully saturated rings. The highest BCUT2D eigenvalue weighted by atomic mass is 16.1. The van der Waals surface area contributed by atoms with Crippen LogP contribution in [0, 0.1) is 0 Å². The van der Waals surface area contributed by atoms with Gasteiger partial charge in [-0.25, -0.2) is 4.68 Å². The molecular weight excluding hydrogens is 206 g/mol. The molecule has 6 nitrogen and oxygen atoms in total. The number of aromatic nitrogens is 3. The second-order valence-corrected chi connectivity index (χ2v) is 4.11. The standard InChI is InChI=1S/C10H17N5O/c11-5-10(16)12-6-8-7-15(14-13-8)9-3-1-2-4-9/h7,9H,1-6,11H2,(H,12,16). The molecule has 1 aliphatic carbocycles. The quantitative estimate of drug-likeness (QED) is 0.750. The normalized spacial score (nSPS) is 16.6. The number of carbonyl (C=O) groups is 1. The van der Waals surface area contributed by atoms with E-state index in [-0.39, 0.29) is 12.5 Å². The highest BCUT2D eigenvalue weighted by Gasteiger charge is 2.18. The Hall–Kier alpha value is -1.43. The summed E-state index contributed by atoms with van der Waals surface area (Å²) in [5.41, 5.74) is 5.97. The van der Waals surface area contributed by atoms with Gasteiger partial charge in [0.25, 0.3) is 0 Å². The maximum Gasteiger partial charge on any atom is 0.234 e. The Balaban J connectivity index is 1.89. The lowest BCUT2D eigenvalue weighted by atomic mass is 10.2. The van der Waals surface area contributed by atoms with E-state index in [9.17, 15) is 4.79 Å². The third kappa shape index (κ3) is 2.57. The largest absolute Gasteiger partial charge is 0.349 e. The summed E-state index contributed by atoms with van der Waals surface area (Å²) in [5.74, 6) is -0.171. The van der Waals surface area contributed by atoms with Gasteiger partial charge in [0.15, 0.2) is 0 Å². The molecule has 1 amide bonds. The summed E-state index contributed by atoms with van der Waals surface area (Å²) in [4.78, 5) is 11.0. The number of nitrogens with two attached hydrogens (primary N) is 1. The molecule has 16 heavy (non-hydrogen) atoms. The molecule has 1 aromatic heterocycles. The monoisotopic (exact) mass is 223 g/mol. The fourth-order valence-electron chi connectivity index (χ4n) is 2.00.